The Balaban J connectivity index is 2.15. The van der Waals surface area contributed by atoms with Crippen molar-refractivity contribution in [1.29, 1.82) is 0 Å². The molecule has 0 aliphatic carbocycles. The predicted molar refractivity (Wildman–Crippen MR) is 84.3 cm³/mol. The number of aryl methyl sites for hydroxylation is 1. The molecule has 0 aliphatic rings. The Kier molecular flexibility index (Phi) is 4.15. The van der Waals surface area contributed by atoms with Crippen molar-refractivity contribution in [1.82, 2.24) is 4.98 Å². The SMILES string of the molecule is Cc1nc(Nc2ccccc2)ccc1SC(C)(C)C. The highest BCUT2D eigenvalue weighted by atomic mass is 32.2. The van der Waals surface area contributed by atoms with E-state index in [1.54, 1.807) is 0 Å². The average Bonchev–Trinajstić information content (AvgIpc) is 2.33. The van der Waals surface area contributed by atoms with Crippen molar-refractivity contribution in [2.75, 3.05) is 5.32 Å². The molecule has 0 saturated heterocycles. The van der Waals surface area contributed by atoms with Crippen LogP contribution in [-0.2, 0) is 0 Å². The van der Waals surface area contributed by atoms with Gasteiger partial charge in [0.05, 0.1) is 5.69 Å². The number of nitrogens with one attached hydrogen (secondary N) is 1. The molecule has 1 aromatic heterocycles. The van der Waals surface area contributed by atoms with E-state index in [0.29, 0.717) is 0 Å². The first-order chi connectivity index (χ1) is 8.94. The summed E-state index contributed by atoms with van der Waals surface area (Å²) in [5, 5.41) is 3.31. The molecule has 0 radical (unpaired) electrons. The van der Waals surface area contributed by atoms with Gasteiger partial charge in [0, 0.05) is 15.3 Å². The summed E-state index contributed by atoms with van der Waals surface area (Å²) in [5.41, 5.74) is 2.13. The van der Waals surface area contributed by atoms with Crippen molar-refractivity contribution < 1.29 is 0 Å². The van der Waals surface area contributed by atoms with Gasteiger partial charge in [0.15, 0.2) is 0 Å². The minimum absolute atomic E-state index is 0.209. The lowest BCUT2D eigenvalue weighted by Gasteiger charge is -2.19. The summed E-state index contributed by atoms with van der Waals surface area (Å²) in [7, 11) is 0. The second-order valence-corrected chi connectivity index (χ2v) is 7.35. The second kappa shape index (κ2) is 5.66. The van der Waals surface area contributed by atoms with Crippen LogP contribution >= 0.6 is 11.8 Å². The van der Waals surface area contributed by atoms with Crippen molar-refractivity contribution in [3.63, 3.8) is 0 Å². The molecule has 0 bridgehead atoms. The van der Waals surface area contributed by atoms with Crippen molar-refractivity contribution in [3.05, 3.63) is 48.2 Å². The Hall–Kier alpha value is -1.48. The van der Waals surface area contributed by atoms with Gasteiger partial charge in [0.1, 0.15) is 5.82 Å². The lowest BCUT2D eigenvalue weighted by atomic mass is 10.3. The summed E-state index contributed by atoms with van der Waals surface area (Å²) < 4.78 is 0.209. The minimum atomic E-state index is 0.209. The maximum atomic E-state index is 4.62. The third kappa shape index (κ3) is 4.28. The zero-order chi connectivity index (χ0) is 13.9. The topological polar surface area (TPSA) is 24.9 Å². The normalized spacial score (nSPS) is 11.4. The van der Waals surface area contributed by atoms with Gasteiger partial charge in [-0.2, -0.15) is 0 Å². The highest BCUT2D eigenvalue weighted by molar-refractivity contribution is 8.00. The van der Waals surface area contributed by atoms with Crippen molar-refractivity contribution >= 4 is 23.3 Å². The quantitative estimate of drug-likeness (QED) is 0.794. The molecule has 19 heavy (non-hydrogen) atoms. The van der Waals surface area contributed by atoms with Crippen molar-refractivity contribution in [2.24, 2.45) is 0 Å². The molecular formula is C16H20N2S. The lowest BCUT2D eigenvalue weighted by molar-refractivity contribution is 0.801. The summed E-state index contributed by atoms with van der Waals surface area (Å²) in [6.07, 6.45) is 0. The van der Waals surface area contributed by atoms with E-state index in [4.69, 9.17) is 0 Å². The molecule has 100 valence electrons. The van der Waals surface area contributed by atoms with Gasteiger partial charge < -0.3 is 5.32 Å². The molecule has 1 heterocycles. The molecule has 3 heteroatoms. The van der Waals surface area contributed by atoms with E-state index in [-0.39, 0.29) is 4.75 Å². The summed E-state index contributed by atoms with van der Waals surface area (Å²) in [6.45, 7) is 8.71. The van der Waals surface area contributed by atoms with Gasteiger partial charge in [0.2, 0.25) is 0 Å². The highest BCUT2D eigenvalue weighted by Crippen LogP contribution is 2.34. The van der Waals surface area contributed by atoms with Crippen LogP contribution in [-0.4, -0.2) is 9.73 Å². The maximum Gasteiger partial charge on any atom is 0.130 e. The number of hydrogen-bond donors (Lipinski definition) is 1. The highest BCUT2D eigenvalue weighted by Gasteiger charge is 2.14. The third-order valence-corrected chi connectivity index (χ3v) is 3.76. The Labute approximate surface area is 119 Å². The largest absolute Gasteiger partial charge is 0.340 e. The molecule has 0 aliphatic heterocycles. The molecule has 0 unspecified atom stereocenters. The van der Waals surface area contributed by atoms with Crippen molar-refractivity contribution in [2.45, 2.75) is 37.3 Å². The molecule has 2 aromatic rings. The monoisotopic (exact) mass is 272 g/mol. The van der Waals surface area contributed by atoms with Crippen LogP contribution in [0.3, 0.4) is 0 Å². The molecule has 2 rings (SSSR count). The van der Waals surface area contributed by atoms with Gasteiger partial charge in [-0.1, -0.05) is 39.0 Å². The van der Waals surface area contributed by atoms with Crippen LogP contribution in [0.4, 0.5) is 11.5 Å². The average molecular weight is 272 g/mol. The zero-order valence-corrected chi connectivity index (χ0v) is 12.7. The maximum absolute atomic E-state index is 4.62. The fraction of sp³-hybridized carbons (Fsp3) is 0.312. The number of hydrogen-bond acceptors (Lipinski definition) is 3. The molecule has 0 spiro atoms. The van der Waals surface area contributed by atoms with Crippen LogP contribution in [0.5, 0.6) is 0 Å². The van der Waals surface area contributed by atoms with E-state index < -0.39 is 0 Å². The molecule has 0 saturated carbocycles. The van der Waals surface area contributed by atoms with Gasteiger partial charge in [-0.15, -0.1) is 11.8 Å². The number of nitrogens with zero attached hydrogens (tertiary/aromatic N) is 1. The van der Waals surface area contributed by atoms with Gasteiger partial charge in [-0.05, 0) is 31.2 Å². The lowest BCUT2D eigenvalue weighted by Crippen LogP contribution is -2.07. The molecule has 2 nitrogen and oxygen atoms in total. The number of para-hydroxylation sites is 1. The number of rotatable bonds is 3. The molecule has 1 N–H and O–H groups in total. The van der Waals surface area contributed by atoms with Crippen LogP contribution in [0.25, 0.3) is 0 Å². The Morgan fingerprint density at radius 1 is 1.00 bits per heavy atom. The number of aromatic nitrogens is 1. The fourth-order valence-electron chi connectivity index (χ4n) is 1.72. The number of benzene rings is 1. The third-order valence-electron chi connectivity index (χ3n) is 2.50. The van der Waals surface area contributed by atoms with E-state index in [1.807, 2.05) is 48.2 Å². The first-order valence-electron chi connectivity index (χ1n) is 6.43. The smallest absolute Gasteiger partial charge is 0.130 e. The second-order valence-electron chi connectivity index (χ2n) is 5.49. The van der Waals surface area contributed by atoms with Crippen molar-refractivity contribution in [3.8, 4) is 0 Å². The van der Waals surface area contributed by atoms with Crippen LogP contribution in [0.15, 0.2) is 47.4 Å². The fourth-order valence-corrected chi connectivity index (χ4v) is 2.71. The van der Waals surface area contributed by atoms with Crippen LogP contribution in [0.1, 0.15) is 26.5 Å². The molecular weight excluding hydrogens is 252 g/mol. The van der Waals surface area contributed by atoms with E-state index >= 15 is 0 Å². The Morgan fingerprint density at radius 2 is 1.68 bits per heavy atom. The number of anilines is 2. The van der Waals surface area contributed by atoms with Gasteiger partial charge >= 0.3 is 0 Å². The summed E-state index contributed by atoms with van der Waals surface area (Å²) in [4.78, 5) is 5.86. The Morgan fingerprint density at radius 3 is 2.26 bits per heavy atom. The summed E-state index contributed by atoms with van der Waals surface area (Å²) in [5.74, 6) is 0.891. The molecule has 0 amide bonds. The first-order valence-corrected chi connectivity index (χ1v) is 7.24. The van der Waals surface area contributed by atoms with Crippen LogP contribution < -0.4 is 5.32 Å². The standard InChI is InChI=1S/C16H20N2S/c1-12-14(19-16(2,3)4)10-11-15(17-12)18-13-8-6-5-7-9-13/h5-11H,1-4H3,(H,17,18). The van der Waals surface area contributed by atoms with Gasteiger partial charge in [0.25, 0.3) is 0 Å². The molecule has 0 fully saturated rings. The number of thioether (sulfide) groups is 1. The van der Waals surface area contributed by atoms with Gasteiger partial charge in [-0.3, -0.25) is 0 Å². The van der Waals surface area contributed by atoms with Crippen LogP contribution in [0.2, 0.25) is 0 Å². The van der Waals surface area contributed by atoms with Gasteiger partial charge in [-0.25, -0.2) is 4.98 Å². The summed E-state index contributed by atoms with van der Waals surface area (Å²) >= 11 is 1.85. The Bertz CT molecular complexity index is 544. The minimum Gasteiger partial charge on any atom is -0.340 e. The zero-order valence-electron chi connectivity index (χ0n) is 11.9. The van der Waals surface area contributed by atoms with E-state index in [1.165, 1.54) is 4.90 Å². The van der Waals surface area contributed by atoms with E-state index in [2.05, 4.69) is 44.1 Å². The van der Waals surface area contributed by atoms with E-state index in [9.17, 15) is 0 Å². The molecule has 1 aromatic carbocycles. The van der Waals surface area contributed by atoms with Crippen LogP contribution in [0, 0.1) is 6.92 Å². The first kappa shape index (κ1) is 13.9. The number of pyridine rings is 1. The van der Waals surface area contributed by atoms with E-state index in [0.717, 1.165) is 17.2 Å². The predicted octanol–water partition coefficient (Wildman–Crippen LogP) is 5.02. The molecule has 0 atom stereocenters. The summed E-state index contributed by atoms with van der Waals surface area (Å²) in [6, 6.07) is 14.3.